The molecule has 0 saturated carbocycles. The van der Waals surface area contributed by atoms with Gasteiger partial charge in [-0.2, -0.15) is 5.26 Å². The van der Waals surface area contributed by atoms with Crippen LogP contribution in [0.15, 0.2) is 17.5 Å². The highest BCUT2D eigenvalue weighted by atomic mass is 127. The number of nitrogens with zero attached hydrogens (tertiary/aromatic N) is 1. The van der Waals surface area contributed by atoms with E-state index < -0.39 is 0 Å². The second-order valence-corrected chi connectivity index (χ2v) is 4.79. The third-order valence-electron chi connectivity index (χ3n) is 1.98. The van der Waals surface area contributed by atoms with Crippen molar-refractivity contribution in [1.82, 2.24) is 0 Å². The topological polar surface area (TPSA) is 23.8 Å². The predicted octanol–water partition coefficient (Wildman–Crippen LogP) is 3.71. The summed E-state index contributed by atoms with van der Waals surface area (Å²) in [5.74, 6) is -0.175. The van der Waals surface area contributed by atoms with Gasteiger partial charge in [0.1, 0.15) is 5.82 Å². The zero-order chi connectivity index (χ0) is 10.1. The number of rotatable bonds is 1. The lowest BCUT2D eigenvalue weighted by Crippen LogP contribution is -1.86. The van der Waals surface area contributed by atoms with Gasteiger partial charge in [0, 0.05) is 14.3 Å². The summed E-state index contributed by atoms with van der Waals surface area (Å²) in [6.45, 7) is 0. The summed E-state index contributed by atoms with van der Waals surface area (Å²) in [6, 6.07) is 5.67. The van der Waals surface area contributed by atoms with E-state index in [1.165, 1.54) is 16.7 Å². The van der Waals surface area contributed by atoms with Gasteiger partial charge in [0.15, 0.2) is 0 Å². The lowest BCUT2D eigenvalue weighted by Gasteiger charge is -2.00. The standard InChI is InChI=1S/C10H5FINS/c11-8-5-14-10-7(8)2-1-6(3-4-13)9(10)12/h1-2,5H,3H2. The quantitative estimate of drug-likeness (QED) is 0.736. The van der Waals surface area contributed by atoms with Gasteiger partial charge in [-0.15, -0.1) is 11.3 Å². The van der Waals surface area contributed by atoms with Crippen LogP contribution in [0.1, 0.15) is 5.56 Å². The van der Waals surface area contributed by atoms with Crippen molar-refractivity contribution >= 4 is 44.0 Å². The molecule has 0 fully saturated rings. The molecule has 0 saturated heterocycles. The lowest BCUT2D eigenvalue weighted by atomic mass is 10.1. The van der Waals surface area contributed by atoms with Crippen LogP contribution in [0.3, 0.4) is 0 Å². The van der Waals surface area contributed by atoms with Crippen molar-refractivity contribution in [3.05, 3.63) is 32.5 Å². The summed E-state index contributed by atoms with van der Waals surface area (Å²) < 4.78 is 15.1. The molecule has 0 aliphatic carbocycles. The maximum absolute atomic E-state index is 13.2. The Labute approximate surface area is 98.3 Å². The van der Waals surface area contributed by atoms with Crippen molar-refractivity contribution in [2.45, 2.75) is 6.42 Å². The number of halogens is 2. The molecule has 4 heteroatoms. The zero-order valence-corrected chi connectivity index (χ0v) is 10.0. The van der Waals surface area contributed by atoms with Gasteiger partial charge < -0.3 is 0 Å². The molecular formula is C10H5FINS. The van der Waals surface area contributed by atoms with Crippen molar-refractivity contribution in [2.75, 3.05) is 0 Å². The highest BCUT2D eigenvalue weighted by Crippen LogP contribution is 2.31. The first-order valence-corrected chi connectivity index (χ1v) is 5.91. The van der Waals surface area contributed by atoms with Gasteiger partial charge in [-0.3, -0.25) is 0 Å². The van der Waals surface area contributed by atoms with Gasteiger partial charge >= 0.3 is 0 Å². The van der Waals surface area contributed by atoms with Gasteiger partial charge in [-0.05, 0) is 28.2 Å². The number of nitriles is 1. The summed E-state index contributed by atoms with van der Waals surface area (Å²) >= 11 is 3.56. The Morgan fingerprint density at radius 1 is 1.50 bits per heavy atom. The molecule has 1 heterocycles. The van der Waals surface area contributed by atoms with E-state index in [-0.39, 0.29) is 5.82 Å². The molecule has 1 aromatic heterocycles. The average molecular weight is 317 g/mol. The fraction of sp³-hybridized carbons (Fsp3) is 0.100. The third kappa shape index (κ3) is 1.51. The number of fused-ring (bicyclic) bond motifs is 1. The molecule has 0 unspecified atom stereocenters. The van der Waals surface area contributed by atoms with Gasteiger partial charge in [-0.25, -0.2) is 4.39 Å². The number of benzene rings is 1. The summed E-state index contributed by atoms with van der Waals surface area (Å²) in [4.78, 5) is 0. The zero-order valence-electron chi connectivity index (χ0n) is 7.05. The van der Waals surface area contributed by atoms with Crippen molar-refractivity contribution in [2.24, 2.45) is 0 Å². The molecular weight excluding hydrogens is 312 g/mol. The van der Waals surface area contributed by atoms with Crippen molar-refractivity contribution in [3.63, 3.8) is 0 Å². The second kappa shape index (κ2) is 3.83. The van der Waals surface area contributed by atoms with E-state index in [4.69, 9.17) is 5.26 Å². The molecule has 0 amide bonds. The molecule has 0 aliphatic heterocycles. The summed E-state index contributed by atoms with van der Waals surface area (Å²) in [6.07, 6.45) is 0.383. The predicted molar refractivity (Wildman–Crippen MR) is 63.8 cm³/mol. The summed E-state index contributed by atoms with van der Waals surface area (Å²) in [5.41, 5.74) is 0.974. The van der Waals surface area contributed by atoms with Gasteiger partial charge in [0.05, 0.1) is 17.2 Å². The van der Waals surface area contributed by atoms with E-state index in [0.717, 1.165) is 13.8 Å². The molecule has 0 spiro atoms. The van der Waals surface area contributed by atoms with Crippen molar-refractivity contribution < 1.29 is 4.39 Å². The van der Waals surface area contributed by atoms with Crippen molar-refractivity contribution in [1.29, 1.82) is 5.26 Å². The Bertz CT molecular complexity index is 527. The Morgan fingerprint density at radius 3 is 3.00 bits per heavy atom. The molecule has 1 aromatic carbocycles. The number of hydrogen-bond donors (Lipinski definition) is 0. The Hall–Kier alpha value is -0.670. The highest BCUT2D eigenvalue weighted by Gasteiger charge is 2.09. The molecule has 2 rings (SSSR count). The Morgan fingerprint density at radius 2 is 2.29 bits per heavy atom. The Kier molecular flexibility index (Phi) is 2.70. The normalized spacial score (nSPS) is 10.4. The van der Waals surface area contributed by atoms with Crippen LogP contribution in [0.2, 0.25) is 0 Å². The smallest absolute Gasteiger partial charge is 0.141 e. The van der Waals surface area contributed by atoms with Crippen LogP contribution in [-0.2, 0) is 6.42 Å². The maximum Gasteiger partial charge on any atom is 0.141 e. The van der Waals surface area contributed by atoms with Crippen LogP contribution >= 0.6 is 33.9 Å². The molecule has 1 nitrogen and oxygen atoms in total. The third-order valence-corrected chi connectivity index (χ3v) is 4.57. The molecule has 2 aromatic rings. The van der Waals surface area contributed by atoms with E-state index in [1.54, 1.807) is 6.07 Å². The summed E-state index contributed by atoms with van der Waals surface area (Å²) in [5, 5.41) is 10.8. The minimum atomic E-state index is -0.175. The summed E-state index contributed by atoms with van der Waals surface area (Å²) in [7, 11) is 0. The maximum atomic E-state index is 13.2. The van der Waals surface area contributed by atoms with Crippen LogP contribution in [0.25, 0.3) is 10.1 Å². The van der Waals surface area contributed by atoms with E-state index in [2.05, 4.69) is 28.7 Å². The van der Waals surface area contributed by atoms with Crippen LogP contribution < -0.4 is 0 Å². The fourth-order valence-corrected chi connectivity index (χ4v) is 3.21. The average Bonchev–Trinajstić information content (AvgIpc) is 2.54. The first-order chi connectivity index (χ1) is 6.74. The van der Waals surface area contributed by atoms with Crippen LogP contribution in [-0.4, -0.2) is 0 Å². The SMILES string of the molecule is N#CCc1ccc2c(F)csc2c1I. The molecule has 14 heavy (non-hydrogen) atoms. The van der Waals surface area contributed by atoms with Crippen molar-refractivity contribution in [3.8, 4) is 6.07 Å². The van der Waals surface area contributed by atoms with Gasteiger partial charge in [-0.1, -0.05) is 12.1 Å². The minimum absolute atomic E-state index is 0.175. The molecule has 0 N–H and O–H groups in total. The first-order valence-electron chi connectivity index (χ1n) is 3.95. The van der Waals surface area contributed by atoms with E-state index >= 15 is 0 Å². The van der Waals surface area contributed by atoms with Crippen LogP contribution in [0.5, 0.6) is 0 Å². The van der Waals surface area contributed by atoms with Crippen LogP contribution in [0.4, 0.5) is 4.39 Å². The molecule has 0 atom stereocenters. The minimum Gasteiger partial charge on any atom is -0.205 e. The van der Waals surface area contributed by atoms with Gasteiger partial charge in [0.2, 0.25) is 0 Å². The molecule has 0 aliphatic rings. The van der Waals surface area contributed by atoms with Crippen LogP contribution in [0, 0.1) is 20.7 Å². The molecule has 70 valence electrons. The second-order valence-electron chi connectivity index (χ2n) is 2.83. The largest absolute Gasteiger partial charge is 0.205 e. The molecule has 0 radical (unpaired) electrons. The number of hydrogen-bond acceptors (Lipinski definition) is 2. The highest BCUT2D eigenvalue weighted by molar-refractivity contribution is 14.1. The monoisotopic (exact) mass is 317 g/mol. The molecule has 0 bridgehead atoms. The number of thiophene rings is 1. The Balaban J connectivity index is 2.71. The first kappa shape index (κ1) is 9.87. The van der Waals surface area contributed by atoms with E-state index in [1.807, 2.05) is 6.07 Å². The van der Waals surface area contributed by atoms with E-state index in [0.29, 0.717) is 11.8 Å². The fourth-order valence-electron chi connectivity index (χ4n) is 1.30. The van der Waals surface area contributed by atoms with Gasteiger partial charge in [0.25, 0.3) is 0 Å². The van der Waals surface area contributed by atoms with E-state index in [9.17, 15) is 4.39 Å². The lowest BCUT2D eigenvalue weighted by molar-refractivity contribution is 0.644.